The number of non-ortho nitro benzene ring substituents is 1. The summed E-state index contributed by atoms with van der Waals surface area (Å²) in [6.07, 6.45) is 0.522. The Morgan fingerprint density at radius 1 is 1.12 bits per heavy atom. The Bertz CT molecular complexity index is 947. The van der Waals surface area contributed by atoms with Gasteiger partial charge < -0.3 is 10.2 Å². The van der Waals surface area contributed by atoms with Crippen molar-refractivity contribution in [3.05, 3.63) is 75.3 Å². The lowest BCUT2D eigenvalue weighted by Gasteiger charge is -2.31. The van der Waals surface area contributed by atoms with Crippen LogP contribution < -0.4 is 5.32 Å². The summed E-state index contributed by atoms with van der Waals surface area (Å²) >= 11 is 1.44. The summed E-state index contributed by atoms with van der Waals surface area (Å²) in [5, 5.41) is 13.8. The number of nitrogens with zero attached hydrogens (tertiary/aromatic N) is 2. The van der Waals surface area contributed by atoms with Gasteiger partial charge in [0.1, 0.15) is 6.04 Å². The van der Waals surface area contributed by atoms with Crippen LogP contribution in [0.2, 0.25) is 0 Å². The van der Waals surface area contributed by atoms with E-state index >= 15 is 0 Å². The molecular weight excluding hydrogens is 438 g/mol. The van der Waals surface area contributed by atoms with Crippen molar-refractivity contribution in [2.45, 2.75) is 52.5 Å². The molecule has 0 radical (unpaired) electrons. The van der Waals surface area contributed by atoms with E-state index in [0.717, 1.165) is 16.7 Å². The largest absolute Gasteiger partial charge is 0.354 e. The van der Waals surface area contributed by atoms with Crippen molar-refractivity contribution >= 4 is 29.3 Å². The van der Waals surface area contributed by atoms with Gasteiger partial charge in [-0.15, -0.1) is 11.8 Å². The summed E-state index contributed by atoms with van der Waals surface area (Å²) in [6.45, 7) is 8.92. The Balaban J connectivity index is 2.10. The van der Waals surface area contributed by atoms with Crippen LogP contribution in [0.5, 0.6) is 0 Å². The highest BCUT2D eigenvalue weighted by Gasteiger charge is 2.28. The fraction of sp³-hybridized carbons (Fsp3) is 0.440. The molecule has 1 N–H and O–H groups in total. The molecular formula is C25H33N3O4S. The molecule has 0 saturated heterocycles. The molecule has 0 aromatic heterocycles. The topological polar surface area (TPSA) is 92.6 Å². The second kappa shape index (κ2) is 13.0. The molecule has 2 rings (SSSR count). The number of hydrogen-bond acceptors (Lipinski definition) is 5. The van der Waals surface area contributed by atoms with Gasteiger partial charge in [0.15, 0.2) is 0 Å². The van der Waals surface area contributed by atoms with Gasteiger partial charge in [-0.3, -0.25) is 19.7 Å². The van der Waals surface area contributed by atoms with Crippen LogP contribution in [0.15, 0.2) is 48.5 Å². The molecule has 0 heterocycles. The summed E-state index contributed by atoms with van der Waals surface area (Å²) < 4.78 is 0. The number of hydrogen-bond donors (Lipinski definition) is 1. The van der Waals surface area contributed by atoms with Crippen LogP contribution in [0.1, 0.15) is 43.9 Å². The molecule has 0 bridgehead atoms. The van der Waals surface area contributed by atoms with Crippen molar-refractivity contribution in [2.75, 3.05) is 12.3 Å². The Morgan fingerprint density at radius 2 is 1.82 bits per heavy atom. The Hall–Kier alpha value is -2.87. The SMILES string of the molecule is CCC(C(=O)NCC(C)C)N(Cc1cccc(C)c1)C(=O)CSCc1ccc([N+](=O)[O-])cc1. The number of amides is 2. The number of nitro benzene ring substituents is 1. The van der Waals surface area contributed by atoms with E-state index in [2.05, 4.69) is 5.32 Å². The van der Waals surface area contributed by atoms with Gasteiger partial charge in [-0.1, -0.05) is 62.7 Å². The fourth-order valence-electron chi connectivity index (χ4n) is 3.40. The highest BCUT2D eigenvalue weighted by atomic mass is 32.2. The lowest BCUT2D eigenvalue weighted by atomic mass is 10.1. The summed E-state index contributed by atoms with van der Waals surface area (Å²) in [6, 6.07) is 13.7. The lowest BCUT2D eigenvalue weighted by Crippen LogP contribution is -2.50. The fourth-order valence-corrected chi connectivity index (χ4v) is 4.27. The van der Waals surface area contributed by atoms with Crippen LogP contribution >= 0.6 is 11.8 Å². The molecule has 2 aromatic rings. The van der Waals surface area contributed by atoms with Crippen molar-refractivity contribution in [1.29, 1.82) is 0 Å². The number of rotatable bonds is 12. The lowest BCUT2D eigenvalue weighted by molar-refractivity contribution is -0.384. The molecule has 7 nitrogen and oxygen atoms in total. The summed E-state index contributed by atoms with van der Waals surface area (Å²) in [7, 11) is 0. The predicted molar refractivity (Wildman–Crippen MR) is 133 cm³/mol. The standard InChI is InChI=1S/C25H33N3O4S/c1-5-23(25(30)26-14-18(2)3)27(15-21-8-6-7-19(4)13-21)24(29)17-33-16-20-9-11-22(12-10-20)28(31)32/h6-13,18,23H,5,14-17H2,1-4H3,(H,26,30). The van der Waals surface area contributed by atoms with E-state index in [1.165, 1.54) is 23.9 Å². The van der Waals surface area contributed by atoms with E-state index in [-0.39, 0.29) is 23.3 Å². The molecule has 2 amide bonds. The Morgan fingerprint density at radius 3 is 2.39 bits per heavy atom. The van der Waals surface area contributed by atoms with Crippen LogP contribution in [-0.4, -0.2) is 40.0 Å². The Labute approximate surface area is 200 Å². The van der Waals surface area contributed by atoms with Crippen molar-refractivity contribution in [3.63, 3.8) is 0 Å². The third kappa shape index (κ3) is 8.53. The van der Waals surface area contributed by atoms with E-state index in [9.17, 15) is 19.7 Å². The van der Waals surface area contributed by atoms with Crippen molar-refractivity contribution in [2.24, 2.45) is 5.92 Å². The highest BCUT2D eigenvalue weighted by molar-refractivity contribution is 7.99. The molecule has 0 aliphatic heterocycles. The molecule has 178 valence electrons. The van der Waals surface area contributed by atoms with Gasteiger partial charge in [0.25, 0.3) is 5.69 Å². The first kappa shape index (κ1) is 26.4. The highest BCUT2D eigenvalue weighted by Crippen LogP contribution is 2.19. The molecule has 2 aromatic carbocycles. The molecule has 1 unspecified atom stereocenters. The van der Waals surface area contributed by atoms with Crippen LogP contribution in [0.3, 0.4) is 0 Å². The van der Waals surface area contributed by atoms with Crippen LogP contribution in [0.25, 0.3) is 0 Å². The van der Waals surface area contributed by atoms with E-state index in [4.69, 9.17) is 0 Å². The van der Waals surface area contributed by atoms with Crippen molar-refractivity contribution in [3.8, 4) is 0 Å². The van der Waals surface area contributed by atoms with Gasteiger partial charge in [-0.2, -0.15) is 0 Å². The zero-order chi connectivity index (χ0) is 24.4. The number of carbonyl (C=O) groups excluding carboxylic acids is 2. The van der Waals surface area contributed by atoms with Gasteiger partial charge in [0.2, 0.25) is 11.8 Å². The second-order valence-corrected chi connectivity index (χ2v) is 9.48. The number of nitrogens with one attached hydrogen (secondary N) is 1. The third-order valence-electron chi connectivity index (χ3n) is 5.15. The number of thioether (sulfide) groups is 1. The van der Waals surface area contributed by atoms with Gasteiger partial charge in [0, 0.05) is 31.0 Å². The quantitative estimate of drug-likeness (QED) is 0.357. The van der Waals surface area contributed by atoms with Gasteiger partial charge >= 0.3 is 0 Å². The zero-order valence-corrected chi connectivity index (χ0v) is 20.6. The van der Waals surface area contributed by atoms with E-state index in [0.29, 0.717) is 31.2 Å². The maximum absolute atomic E-state index is 13.2. The van der Waals surface area contributed by atoms with Gasteiger partial charge in [0.05, 0.1) is 10.7 Å². The minimum Gasteiger partial charge on any atom is -0.354 e. The van der Waals surface area contributed by atoms with E-state index in [1.54, 1.807) is 17.0 Å². The van der Waals surface area contributed by atoms with Crippen molar-refractivity contribution < 1.29 is 14.5 Å². The van der Waals surface area contributed by atoms with Crippen LogP contribution in [0.4, 0.5) is 5.69 Å². The van der Waals surface area contributed by atoms with Crippen LogP contribution in [0, 0.1) is 23.0 Å². The molecule has 0 spiro atoms. The first-order chi connectivity index (χ1) is 15.7. The molecule has 0 aliphatic carbocycles. The minimum absolute atomic E-state index is 0.0438. The molecule has 0 fully saturated rings. The van der Waals surface area contributed by atoms with E-state index in [1.807, 2.05) is 52.0 Å². The average Bonchev–Trinajstić information content (AvgIpc) is 2.77. The van der Waals surface area contributed by atoms with Crippen molar-refractivity contribution in [1.82, 2.24) is 10.2 Å². The molecule has 33 heavy (non-hydrogen) atoms. The minimum atomic E-state index is -0.545. The maximum atomic E-state index is 13.2. The van der Waals surface area contributed by atoms with E-state index < -0.39 is 11.0 Å². The first-order valence-corrected chi connectivity index (χ1v) is 12.3. The number of nitro groups is 1. The predicted octanol–water partition coefficient (Wildman–Crippen LogP) is 4.72. The summed E-state index contributed by atoms with van der Waals surface area (Å²) in [5.74, 6) is 0.863. The van der Waals surface area contributed by atoms with Gasteiger partial charge in [-0.25, -0.2) is 0 Å². The zero-order valence-electron chi connectivity index (χ0n) is 19.7. The maximum Gasteiger partial charge on any atom is 0.269 e. The third-order valence-corrected chi connectivity index (χ3v) is 6.14. The normalized spacial score (nSPS) is 11.8. The average molecular weight is 472 g/mol. The monoisotopic (exact) mass is 471 g/mol. The summed E-state index contributed by atoms with van der Waals surface area (Å²) in [5.41, 5.74) is 3.04. The smallest absolute Gasteiger partial charge is 0.269 e. The number of carbonyl (C=O) groups is 2. The first-order valence-electron chi connectivity index (χ1n) is 11.1. The number of aryl methyl sites for hydroxylation is 1. The molecule has 1 atom stereocenters. The summed E-state index contributed by atoms with van der Waals surface area (Å²) in [4.78, 5) is 38.2. The molecule has 0 saturated carbocycles. The van der Waals surface area contributed by atoms with Crippen LogP contribution in [-0.2, 0) is 21.9 Å². The Kier molecular flexibility index (Phi) is 10.4. The second-order valence-electron chi connectivity index (χ2n) is 8.49. The number of benzene rings is 2. The molecule has 8 heteroatoms. The van der Waals surface area contributed by atoms with Gasteiger partial charge in [-0.05, 0) is 30.4 Å². The molecule has 0 aliphatic rings.